The molecule has 0 saturated carbocycles. The molecule has 0 saturated heterocycles. The maximum atomic E-state index is 10.6. The topological polar surface area (TPSA) is 388 Å². The van der Waals surface area contributed by atoms with Gasteiger partial charge in [-0.25, -0.2) is 27.1 Å². The molecule has 0 fully saturated rings. The summed E-state index contributed by atoms with van der Waals surface area (Å²) < 4.78 is 53.1. The van der Waals surface area contributed by atoms with E-state index in [9.17, 15) is 30.3 Å². The van der Waals surface area contributed by atoms with Crippen LogP contribution in [0.3, 0.4) is 0 Å². The first-order valence-electron chi connectivity index (χ1n) is 15.4. The van der Waals surface area contributed by atoms with Crippen LogP contribution in [0, 0.1) is 30.3 Å². The van der Waals surface area contributed by atoms with Crippen LogP contribution in [0.1, 0.15) is 0 Å². The van der Waals surface area contributed by atoms with Gasteiger partial charge in [-0.15, -0.1) is 12.4 Å². The van der Waals surface area contributed by atoms with E-state index in [1.165, 1.54) is 0 Å². The van der Waals surface area contributed by atoms with Crippen LogP contribution in [0.15, 0.2) is 127 Å². The van der Waals surface area contributed by atoms with Crippen molar-refractivity contribution >= 4 is 50.1 Å². The van der Waals surface area contributed by atoms with Crippen LogP contribution in [-0.4, -0.2) is 40.7 Å². The van der Waals surface area contributed by atoms with Gasteiger partial charge in [0, 0.05) is 36.4 Å². The fourth-order valence-corrected chi connectivity index (χ4v) is 5.97. The fraction of sp³-hybridized carbons (Fsp3) is 0. The molecule has 327 valence electrons. The van der Waals surface area contributed by atoms with Gasteiger partial charge in [-0.3, -0.25) is 30.3 Å². The number of hydrogen-bond acceptors (Lipinski definition) is 13. The molecule has 0 aromatic heterocycles. The van der Waals surface area contributed by atoms with E-state index >= 15 is 0 Å². The van der Waals surface area contributed by atoms with Gasteiger partial charge in [0.1, 0.15) is 0 Å². The van der Waals surface area contributed by atoms with Crippen LogP contribution in [0.2, 0.25) is 0 Å². The number of nitro benzene ring substituents is 3. The molecule has 0 spiro atoms. The Balaban J connectivity index is -0.000000723. The molecular weight excluding hydrogens is 1000 g/mol. The van der Waals surface area contributed by atoms with Crippen molar-refractivity contribution in [2.45, 2.75) is 0 Å². The van der Waals surface area contributed by atoms with Gasteiger partial charge < -0.3 is 26.2 Å². The predicted octanol–water partition coefficient (Wildman–Crippen LogP) is 6.88. The van der Waals surface area contributed by atoms with Crippen molar-refractivity contribution in [1.82, 2.24) is 6.15 Å². The van der Waals surface area contributed by atoms with Crippen molar-refractivity contribution in [3.05, 3.63) is 158 Å². The third-order valence-corrected chi connectivity index (χ3v) is 8.10. The summed E-state index contributed by atoms with van der Waals surface area (Å²) >= 11 is 0. The minimum absolute atomic E-state index is 0. The Kier molecular flexibility index (Phi) is 24.9. The van der Waals surface area contributed by atoms with Crippen molar-refractivity contribution in [3.8, 4) is 66.8 Å². The number of rotatable bonds is 3. The molecular formula is C36H29ClMn3N6O14S2. The average Bonchev–Trinajstić information content (AvgIpc) is 3.63. The van der Waals surface area contributed by atoms with Crippen LogP contribution in [0.25, 0.3) is 66.8 Å². The molecule has 7 N–H and O–H groups in total. The second-order valence-corrected chi connectivity index (χ2v) is 13.7. The second-order valence-electron chi connectivity index (χ2n) is 11.7. The SMILES string of the molecule is Cl.N.NS(=O)(=O)[O-].NS(=O)(=O)[O-].O=[N+]([O-])c1ccc2c(c1)-c1cccc-2c1.O=[N+]([O-])c1ccc2c(c1)-c1cccc-2c1.O=[N+]([O-])c1ccc2c(c1)-c1cccc-2c1.[Mn+2].[Mn+2].[Mn+2].[O-2].[O-2]. The van der Waals surface area contributed by atoms with Crippen LogP contribution >= 0.6 is 12.4 Å². The van der Waals surface area contributed by atoms with Crippen LogP contribution in [0.5, 0.6) is 0 Å². The average molecular weight is 1030 g/mol. The van der Waals surface area contributed by atoms with Gasteiger partial charge in [-0.05, 0) is 103 Å². The van der Waals surface area contributed by atoms with Gasteiger partial charge in [0.2, 0.25) is 0 Å². The molecule has 0 unspecified atom stereocenters. The molecule has 3 aliphatic carbocycles. The van der Waals surface area contributed by atoms with Crippen LogP contribution in [0.4, 0.5) is 17.1 Å². The monoisotopic (exact) mass is 1030 g/mol. The van der Waals surface area contributed by atoms with Crippen molar-refractivity contribution in [3.63, 3.8) is 0 Å². The summed E-state index contributed by atoms with van der Waals surface area (Å²) in [6, 6.07) is 39.0. The quantitative estimate of drug-likeness (QED) is 0.0704. The number of benzene rings is 6. The van der Waals surface area contributed by atoms with Gasteiger partial charge in [0.25, 0.3) is 17.1 Å². The van der Waals surface area contributed by atoms with Gasteiger partial charge in [0.15, 0.2) is 20.6 Å². The van der Waals surface area contributed by atoms with Gasteiger partial charge in [0.05, 0.1) is 14.8 Å². The first kappa shape index (κ1) is 61.3. The molecule has 26 heteroatoms. The standard InChI is InChI=1S/3C12H7NO2.ClH.3Mn.2H3NO3S.H3N.2O/c3*14-13(15)10-4-5-11-8-2-1-3-9(6-8)12(11)7-10;;;;;2*1-5(2,3)4;;;/h3*1-7H;1H;;;;2*(H3,1,2,3,4);1H3;;/q;;;;3*+2;;;;2*-2/p-2. The van der Waals surface area contributed by atoms with Crippen LogP contribution in [-0.2, 0) is 82.8 Å². The minimum atomic E-state index is -4.42. The molecule has 3 aliphatic rings. The molecule has 0 heterocycles. The third-order valence-electron chi connectivity index (χ3n) is 8.10. The van der Waals surface area contributed by atoms with Crippen molar-refractivity contribution in [1.29, 1.82) is 0 Å². The molecule has 0 atom stereocenters. The van der Waals surface area contributed by atoms with Crippen molar-refractivity contribution in [2.24, 2.45) is 10.3 Å². The smallest absolute Gasteiger partial charge is 2.00 e. The summed E-state index contributed by atoms with van der Waals surface area (Å²) in [6.45, 7) is 0. The first-order valence-corrected chi connectivity index (χ1v) is 18.4. The van der Waals surface area contributed by atoms with E-state index in [-0.39, 0.29) is 113 Å². The number of hydrogen-bond donors (Lipinski definition) is 3. The molecule has 20 nitrogen and oxygen atoms in total. The normalized spacial score (nSPS) is 10.0. The Morgan fingerprint density at radius 3 is 0.742 bits per heavy atom. The second kappa shape index (κ2) is 25.2. The predicted molar refractivity (Wildman–Crippen MR) is 214 cm³/mol. The van der Waals surface area contributed by atoms with E-state index in [4.69, 9.17) is 25.9 Å². The zero-order chi connectivity index (χ0) is 40.2. The Morgan fingerprint density at radius 1 is 0.387 bits per heavy atom. The van der Waals surface area contributed by atoms with E-state index in [1.807, 2.05) is 91.0 Å². The summed E-state index contributed by atoms with van der Waals surface area (Å²) in [5.41, 5.74) is 13.2. The molecule has 6 aromatic carbocycles. The maximum absolute atomic E-state index is 10.6. The summed E-state index contributed by atoms with van der Waals surface area (Å²) in [5, 5.41) is 39.5. The largest absolute Gasteiger partial charge is 2.00 e. The Hall–Kier alpha value is -5.01. The van der Waals surface area contributed by atoms with E-state index in [0.717, 1.165) is 66.8 Å². The van der Waals surface area contributed by atoms with E-state index in [1.54, 1.807) is 36.4 Å². The number of halogens is 1. The molecule has 0 amide bonds. The fourth-order valence-electron chi connectivity index (χ4n) is 5.97. The van der Waals surface area contributed by atoms with Crippen LogP contribution < -0.4 is 16.4 Å². The molecule has 6 bridgehead atoms. The van der Waals surface area contributed by atoms with Gasteiger partial charge in [-0.1, -0.05) is 54.6 Å². The molecule has 9 rings (SSSR count). The summed E-state index contributed by atoms with van der Waals surface area (Å²) in [5.74, 6) is 0. The Morgan fingerprint density at radius 2 is 0.565 bits per heavy atom. The zero-order valence-corrected chi connectivity index (χ0v) is 36.9. The molecule has 6 aromatic rings. The Bertz CT molecular complexity index is 2480. The maximum Gasteiger partial charge on any atom is 2.00 e. The summed E-state index contributed by atoms with van der Waals surface area (Å²) in [7, 11) is -8.83. The summed E-state index contributed by atoms with van der Waals surface area (Å²) in [4.78, 5) is 30.9. The number of fused-ring (bicyclic) bond motifs is 15. The minimum Gasteiger partial charge on any atom is -2.00 e. The van der Waals surface area contributed by atoms with E-state index < -0.39 is 20.6 Å². The summed E-state index contributed by atoms with van der Waals surface area (Å²) in [6.07, 6.45) is 0. The molecule has 62 heavy (non-hydrogen) atoms. The third kappa shape index (κ3) is 16.0. The van der Waals surface area contributed by atoms with Crippen molar-refractivity contribution < 1.29 is 103 Å². The van der Waals surface area contributed by atoms with E-state index in [2.05, 4.69) is 10.3 Å². The zero-order valence-electron chi connectivity index (χ0n) is 30.9. The number of nitrogens with two attached hydrogens (primary N) is 2. The number of non-ortho nitro benzene ring substituents is 3. The number of nitrogens with zero attached hydrogens (tertiary/aromatic N) is 3. The first-order chi connectivity index (χ1) is 25.8. The van der Waals surface area contributed by atoms with Gasteiger partial charge in [-0.2, -0.15) is 0 Å². The number of nitro groups is 3. The van der Waals surface area contributed by atoms with Crippen molar-refractivity contribution in [2.75, 3.05) is 0 Å². The Labute approximate surface area is 391 Å². The van der Waals surface area contributed by atoms with E-state index in [0.29, 0.717) is 0 Å². The van der Waals surface area contributed by atoms with Gasteiger partial charge >= 0.3 is 51.2 Å². The molecule has 3 radical (unpaired) electrons. The molecule has 0 aliphatic heterocycles.